The fourth-order valence-electron chi connectivity index (χ4n) is 1.66. The van der Waals surface area contributed by atoms with Gasteiger partial charge in [-0.2, -0.15) is 12.6 Å². The molecule has 0 aromatic rings. The Hall–Kier alpha value is 0.270. The maximum atomic E-state index is 8.92. The highest BCUT2D eigenvalue weighted by molar-refractivity contribution is 7.80. The molecule has 0 amide bonds. The van der Waals surface area contributed by atoms with Crippen molar-refractivity contribution >= 4 is 12.6 Å². The van der Waals surface area contributed by atoms with Crippen molar-refractivity contribution in [2.24, 2.45) is 0 Å². The van der Waals surface area contributed by atoms with Crippen LogP contribution in [0.1, 0.15) is 45.4 Å². The molecular weight excluding hydrogens is 206 g/mol. The van der Waals surface area contributed by atoms with E-state index in [4.69, 9.17) is 5.11 Å². The average molecular weight is 233 g/mol. The second kappa shape index (κ2) is 12.3. The first-order chi connectivity index (χ1) is 7.35. The predicted octanol–water partition coefficient (Wildman–Crippen LogP) is 2.57. The quantitative estimate of drug-likeness (QED) is 0.423. The Morgan fingerprint density at radius 2 is 1.60 bits per heavy atom. The van der Waals surface area contributed by atoms with Crippen molar-refractivity contribution in [2.75, 3.05) is 32.0 Å². The number of unbranched alkanes of at least 4 members (excludes halogenated alkanes) is 4. The van der Waals surface area contributed by atoms with Gasteiger partial charge in [-0.1, -0.05) is 26.2 Å². The molecule has 0 bridgehead atoms. The van der Waals surface area contributed by atoms with Crippen molar-refractivity contribution in [3.63, 3.8) is 0 Å². The first-order valence-corrected chi connectivity index (χ1v) is 6.92. The third-order valence-electron chi connectivity index (χ3n) is 2.63. The van der Waals surface area contributed by atoms with Gasteiger partial charge in [-0.25, -0.2) is 0 Å². The molecule has 0 saturated heterocycles. The van der Waals surface area contributed by atoms with Crippen molar-refractivity contribution in [2.45, 2.75) is 45.4 Å². The van der Waals surface area contributed by atoms with Gasteiger partial charge in [0, 0.05) is 6.54 Å². The zero-order valence-corrected chi connectivity index (χ0v) is 11.0. The molecule has 15 heavy (non-hydrogen) atoms. The molecule has 0 aliphatic rings. The highest BCUT2D eigenvalue weighted by atomic mass is 32.1. The minimum Gasteiger partial charge on any atom is -0.395 e. The number of thiol groups is 1. The van der Waals surface area contributed by atoms with E-state index in [0.29, 0.717) is 6.61 Å². The van der Waals surface area contributed by atoms with Crippen molar-refractivity contribution in [3.05, 3.63) is 0 Å². The zero-order valence-electron chi connectivity index (χ0n) is 10.1. The molecule has 2 nitrogen and oxygen atoms in total. The molecule has 0 aliphatic carbocycles. The van der Waals surface area contributed by atoms with Crippen LogP contribution in [-0.4, -0.2) is 42.0 Å². The van der Waals surface area contributed by atoms with Crippen LogP contribution in [0.5, 0.6) is 0 Å². The molecule has 1 N–H and O–H groups in total. The van der Waals surface area contributed by atoms with E-state index in [1.807, 2.05) is 0 Å². The fraction of sp³-hybridized carbons (Fsp3) is 1.00. The Kier molecular flexibility index (Phi) is 12.6. The summed E-state index contributed by atoms with van der Waals surface area (Å²) in [6.45, 7) is 5.63. The van der Waals surface area contributed by atoms with Gasteiger partial charge in [0.15, 0.2) is 0 Å². The summed E-state index contributed by atoms with van der Waals surface area (Å²) in [5, 5.41) is 8.92. The lowest BCUT2D eigenvalue weighted by molar-refractivity contribution is 0.191. The molecule has 0 spiro atoms. The summed E-state index contributed by atoms with van der Waals surface area (Å²) in [4.78, 5) is 2.38. The molecule has 0 aliphatic heterocycles. The van der Waals surface area contributed by atoms with E-state index >= 15 is 0 Å². The molecule has 0 radical (unpaired) electrons. The smallest absolute Gasteiger partial charge is 0.0558 e. The van der Waals surface area contributed by atoms with E-state index in [-0.39, 0.29) is 0 Å². The highest BCUT2D eigenvalue weighted by Crippen LogP contribution is 2.03. The van der Waals surface area contributed by atoms with E-state index in [1.54, 1.807) is 0 Å². The molecule has 92 valence electrons. The SMILES string of the molecule is CCCCN(CCO)CCCCCCS. The van der Waals surface area contributed by atoms with Crippen LogP contribution in [0.4, 0.5) is 0 Å². The summed E-state index contributed by atoms with van der Waals surface area (Å²) in [6.07, 6.45) is 7.58. The summed E-state index contributed by atoms with van der Waals surface area (Å²) in [5.41, 5.74) is 0. The third kappa shape index (κ3) is 10.6. The summed E-state index contributed by atoms with van der Waals surface area (Å²) < 4.78 is 0. The lowest BCUT2D eigenvalue weighted by Gasteiger charge is -2.20. The van der Waals surface area contributed by atoms with Crippen molar-refractivity contribution in [1.82, 2.24) is 4.90 Å². The second-order valence-corrected chi connectivity index (χ2v) is 4.50. The van der Waals surface area contributed by atoms with Crippen LogP contribution in [-0.2, 0) is 0 Å². The molecular formula is C12H27NOS. The van der Waals surface area contributed by atoms with Gasteiger partial charge in [0.05, 0.1) is 6.61 Å². The molecule has 0 fully saturated rings. The first kappa shape index (κ1) is 15.3. The number of nitrogens with zero attached hydrogens (tertiary/aromatic N) is 1. The van der Waals surface area contributed by atoms with Gasteiger partial charge in [-0.15, -0.1) is 0 Å². The molecule has 0 rings (SSSR count). The van der Waals surface area contributed by atoms with E-state index in [0.717, 1.165) is 25.4 Å². The number of hydrogen-bond acceptors (Lipinski definition) is 3. The number of hydrogen-bond donors (Lipinski definition) is 2. The van der Waals surface area contributed by atoms with Crippen LogP contribution in [0.2, 0.25) is 0 Å². The minimum atomic E-state index is 0.292. The van der Waals surface area contributed by atoms with E-state index in [1.165, 1.54) is 38.5 Å². The molecule has 0 saturated carbocycles. The molecule has 0 heterocycles. The van der Waals surface area contributed by atoms with Crippen LogP contribution < -0.4 is 0 Å². The Morgan fingerprint density at radius 3 is 2.20 bits per heavy atom. The van der Waals surface area contributed by atoms with Crippen LogP contribution in [0, 0.1) is 0 Å². The van der Waals surface area contributed by atoms with Gasteiger partial charge < -0.3 is 10.0 Å². The van der Waals surface area contributed by atoms with Gasteiger partial charge in [0.25, 0.3) is 0 Å². The summed E-state index contributed by atoms with van der Waals surface area (Å²) in [6, 6.07) is 0. The van der Waals surface area contributed by atoms with E-state index in [2.05, 4.69) is 24.5 Å². The Morgan fingerprint density at radius 1 is 0.933 bits per heavy atom. The maximum absolute atomic E-state index is 8.92. The topological polar surface area (TPSA) is 23.5 Å². The van der Waals surface area contributed by atoms with Crippen molar-refractivity contribution < 1.29 is 5.11 Å². The van der Waals surface area contributed by atoms with Gasteiger partial charge in [-0.3, -0.25) is 0 Å². The Bertz CT molecular complexity index is 122. The van der Waals surface area contributed by atoms with E-state index < -0.39 is 0 Å². The predicted molar refractivity (Wildman–Crippen MR) is 70.8 cm³/mol. The Balaban J connectivity index is 3.38. The average Bonchev–Trinajstić information content (AvgIpc) is 2.25. The normalized spacial score (nSPS) is 11.2. The highest BCUT2D eigenvalue weighted by Gasteiger charge is 2.02. The number of rotatable bonds is 11. The molecule has 0 atom stereocenters. The lowest BCUT2D eigenvalue weighted by atomic mass is 10.2. The molecule has 0 unspecified atom stereocenters. The van der Waals surface area contributed by atoms with Crippen LogP contribution in [0.3, 0.4) is 0 Å². The summed E-state index contributed by atoms with van der Waals surface area (Å²) >= 11 is 4.20. The maximum Gasteiger partial charge on any atom is 0.0558 e. The van der Waals surface area contributed by atoms with Crippen molar-refractivity contribution in [1.29, 1.82) is 0 Å². The fourth-order valence-corrected chi connectivity index (χ4v) is 1.88. The lowest BCUT2D eigenvalue weighted by Crippen LogP contribution is -2.29. The first-order valence-electron chi connectivity index (χ1n) is 6.29. The largest absolute Gasteiger partial charge is 0.395 e. The monoisotopic (exact) mass is 233 g/mol. The minimum absolute atomic E-state index is 0.292. The van der Waals surface area contributed by atoms with Crippen LogP contribution in [0.15, 0.2) is 0 Å². The van der Waals surface area contributed by atoms with Crippen LogP contribution in [0.25, 0.3) is 0 Å². The number of aliphatic hydroxyl groups excluding tert-OH is 1. The molecule has 0 aromatic carbocycles. The van der Waals surface area contributed by atoms with Gasteiger partial charge >= 0.3 is 0 Å². The van der Waals surface area contributed by atoms with Gasteiger partial charge in [0.1, 0.15) is 0 Å². The molecule has 0 aromatic heterocycles. The van der Waals surface area contributed by atoms with Gasteiger partial charge in [0.2, 0.25) is 0 Å². The summed E-state index contributed by atoms with van der Waals surface area (Å²) in [5.74, 6) is 1.01. The van der Waals surface area contributed by atoms with Crippen molar-refractivity contribution in [3.8, 4) is 0 Å². The molecule has 3 heteroatoms. The summed E-state index contributed by atoms with van der Waals surface area (Å²) in [7, 11) is 0. The van der Waals surface area contributed by atoms with Crippen LogP contribution >= 0.6 is 12.6 Å². The van der Waals surface area contributed by atoms with E-state index in [9.17, 15) is 0 Å². The third-order valence-corrected chi connectivity index (χ3v) is 2.94. The number of aliphatic hydroxyl groups is 1. The second-order valence-electron chi connectivity index (χ2n) is 4.06. The zero-order chi connectivity index (χ0) is 11.4. The Labute approximate surface area is 100 Å². The van der Waals surface area contributed by atoms with Gasteiger partial charge in [-0.05, 0) is 38.1 Å². The standard InChI is InChI=1S/C12H27NOS/c1-2-3-8-13(10-11-14)9-6-4-5-7-12-15/h14-15H,2-12H2,1H3.